The molecule has 2 aromatic heterocycles. The monoisotopic (exact) mass is 699 g/mol. The first-order chi connectivity index (χ1) is 25.5. The minimum absolute atomic E-state index is 0.0808. The van der Waals surface area contributed by atoms with Gasteiger partial charge in [-0.2, -0.15) is 0 Å². The average Bonchev–Trinajstić information content (AvgIpc) is 3.83. The van der Waals surface area contributed by atoms with E-state index in [0.29, 0.717) is 0 Å². The lowest BCUT2D eigenvalue weighted by Crippen LogP contribution is -2.16. The van der Waals surface area contributed by atoms with Gasteiger partial charge < -0.3 is 4.90 Å². The van der Waals surface area contributed by atoms with Crippen LogP contribution >= 0.6 is 22.7 Å². The summed E-state index contributed by atoms with van der Waals surface area (Å²) in [6, 6.07) is 61.1. The number of hydrogen-bond donors (Lipinski definition) is 0. The Hall–Kier alpha value is -5.74. The third-order valence-corrected chi connectivity index (χ3v) is 13.5. The van der Waals surface area contributed by atoms with Crippen molar-refractivity contribution in [2.24, 2.45) is 0 Å². The number of nitrogens with zero attached hydrogens (tertiary/aromatic N) is 1. The molecule has 52 heavy (non-hydrogen) atoms. The van der Waals surface area contributed by atoms with Gasteiger partial charge >= 0.3 is 0 Å². The number of anilines is 3. The maximum atomic E-state index is 2.44. The Labute approximate surface area is 310 Å². The molecule has 10 aromatic rings. The Bertz CT molecular complexity index is 3050. The molecule has 246 valence electrons. The van der Waals surface area contributed by atoms with E-state index >= 15 is 0 Å². The predicted molar refractivity (Wildman–Crippen MR) is 227 cm³/mol. The van der Waals surface area contributed by atoms with Crippen molar-refractivity contribution in [1.29, 1.82) is 0 Å². The van der Waals surface area contributed by atoms with Crippen LogP contribution in [0.15, 0.2) is 164 Å². The lowest BCUT2D eigenvalue weighted by molar-refractivity contribution is 0.660. The zero-order chi connectivity index (χ0) is 34.6. The number of rotatable bonds is 4. The maximum absolute atomic E-state index is 2.44. The van der Waals surface area contributed by atoms with Crippen molar-refractivity contribution in [3.63, 3.8) is 0 Å². The van der Waals surface area contributed by atoms with Crippen LogP contribution in [0.2, 0.25) is 0 Å². The Morgan fingerprint density at radius 2 is 1.06 bits per heavy atom. The third-order valence-electron chi connectivity index (χ3n) is 11.3. The van der Waals surface area contributed by atoms with Crippen LogP contribution < -0.4 is 4.90 Å². The van der Waals surface area contributed by atoms with E-state index in [4.69, 9.17) is 0 Å². The van der Waals surface area contributed by atoms with Gasteiger partial charge in [0.15, 0.2) is 0 Å². The largest absolute Gasteiger partial charge is 0.310 e. The van der Waals surface area contributed by atoms with E-state index < -0.39 is 0 Å². The molecular weight excluding hydrogens is 667 g/mol. The molecule has 1 aliphatic rings. The molecule has 3 heteroatoms. The van der Waals surface area contributed by atoms with Crippen LogP contribution in [0.4, 0.5) is 17.1 Å². The molecule has 0 aliphatic heterocycles. The van der Waals surface area contributed by atoms with E-state index in [1.807, 2.05) is 22.7 Å². The van der Waals surface area contributed by atoms with E-state index in [2.05, 4.69) is 183 Å². The van der Waals surface area contributed by atoms with Crippen LogP contribution in [0, 0.1) is 0 Å². The second kappa shape index (κ2) is 11.1. The first-order valence-electron chi connectivity index (χ1n) is 17.9. The zero-order valence-corrected chi connectivity index (χ0v) is 30.5. The second-order valence-corrected chi connectivity index (χ2v) is 16.7. The van der Waals surface area contributed by atoms with Gasteiger partial charge in [0.25, 0.3) is 0 Å². The zero-order valence-electron chi connectivity index (χ0n) is 28.9. The normalized spacial score (nSPS) is 13.3. The van der Waals surface area contributed by atoms with Crippen LogP contribution in [0.1, 0.15) is 25.0 Å². The van der Waals surface area contributed by atoms with Crippen molar-refractivity contribution >= 4 is 90.9 Å². The van der Waals surface area contributed by atoms with Gasteiger partial charge in [-0.05, 0) is 105 Å². The first kappa shape index (κ1) is 29.9. The van der Waals surface area contributed by atoms with Crippen LogP contribution in [0.3, 0.4) is 0 Å². The lowest BCUT2D eigenvalue weighted by atomic mass is 9.82. The van der Waals surface area contributed by atoms with E-state index in [0.717, 1.165) is 11.4 Å². The fraction of sp³-hybridized carbons (Fsp3) is 0.0612. The van der Waals surface area contributed by atoms with Gasteiger partial charge in [0, 0.05) is 62.8 Å². The molecule has 11 rings (SSSR count). The first-order valence-corrected chi connectivity index (χ1v) is 19.5. The van der Waals surface area contributed by atoms with Crippen LogP contribution in [0.5, 0.6) is 0 Å². The fourth-order valence-electron chi connectivity index (χ4n) is 8.66. The molecule has 0 N–H and O–H groups in total. The van der Waals surface area contributed by atoms with Gasteiger partial charge in [0.05, 0.1) is 0 Å². The minimum Gasteiger partial charge on any atom is -0.310 e. The number of benzene rings is 8. The lowest BCUT2D eigenvalue weighted by Gasteiger charge is -2.28. The van der Waals surface area contributed by atoms with E-state index in [1.165, 1.54) is 90.2 Å². The molecular formula is C49H33NS2. The highest BCUT2D eigenvalue weighted by Gasteiger charge is 2.35. The molecule has 0 bridgehead atoms. The van der Waals surface area contributed by atoms with Gasteiger partial charge in [0.1, 0.15) is 0 Å². The molecule has 8 aromatic carbocycles. The van der Waals surface area contributed by atoms with Gasteiger partial charge in [0.2, 0.25) is 0 Å². The molecule has 0 atom stereocenters. The second-order valence-electron chi connectivity index (χ2n) is 14.5. The van der Waals surface area contributed by atoms with Crippen molar-refractivity contribution in [3.8, 4) is 22.3 Å². The van der Waals surface area contributed by atoms with Crippen LogP contribution in [-0.4, -0.2) is 0 Å². The summed E-state index contributed by atoms with van der Waals surface area (Å²) in [6.07, 6.45) is 0. The van der Waals surface area contributed by atoms with Crippen molar-refractivity contribution in [2.75, 3.05) is 4.90 Å². The topological polar surface area (TPSA) is 3.24 Å². The molecule has 1 aliphatic carbocycles. The van der Waals surface area contributed by atoms with Gasteiger partial charge in [-0.3, -0.25) is 0 Å². The molecule has 0 saturated heterocycles. The Kier molecular flexibility index (Phi) is 6.41. The van der Waals surface area contributed by atoms with Crippen molar-refractivity contribution in [1.82, 2.24) is 0 Å². The maximum Gasteiger partial charge on any atom is 0.0468 e. The van der Waals surface area contributed by atoms with E-state index in [-0.39, 0.29) is 5.41 Å². The summed E-state index contributed by atoms with van der Waals surface area (Å²) in [5, 5.41) is 7.94. The highest BCUT2D eigenvalue weighted by Crippen LogP contribution is 2.51. The van der Waals surface area contributed by atoms with Gasteiger partial charge in [-0.1, -0.05) is 117 Å². The summed E-state index contributed by atoms with van der Waals surface area (Å²) in [6.45, 7) is 4.72. The van der Waals surface area contributed by atoms with Crippen LogP contribution in [-0.2, 0) is 5.41 Å². The van der Waals surface area contributed by atoms with E-state index in [1.54, 1.807) is 0 Å². The molecule has 1 nitrogen and oxygen atoms in total. The summed E-state index contributed by atoms with van der Waals surface area (Å²) in [5.41, 5.74) is 11.3. The molecule has 0 radical (unpaired) electrons. The summed E-state index contributed by atoms with van der Waals surface area (Å²) in [5.74, 6) is 0. The molecule has 0 saturated carbocycles. The summed E-state index contributed by atoms with van der Waals surface area (Å²) < 4.78 is 5.31. The quantitative estimate of drug-likeness (QED) is 0.177. The fourth-order valence-corrected chi connectivity index (χ4v) is 10.9. The van der Waals surface area contributed by atoms with Crippen molar-refractivity contribution in [2.45, 2.75) is 19.3 Å². The predicted octanol–water partition coefficient (Wildman–Crippen LogP) is 15.0. The van der Waals surface area contributed by atoms with Gasteiger partial charge in [-0.25, -0.2) is 0 Å². The van der Waals surface area contributed by atoms with Crippen LogP contribution in [0.25, 0.3) is 73.4 Å². The highest BCUT2D eigenvalue weighted by atomic mass is 32.1. The number of thiophene rings is 2. The molecule has 0 unspecified atom stereocenters. The number of hydrogen-bond acceptors (Lipinski definition) is 3. The third kappa shape index (κ3) is 4.40. The molecule has 0 spiro atoms. The van der Waals surface area contributed by atoms with Crippen molar-refractivity contribution in [3.05, 3.63) is 175 Å². The smallest absolute Gasteiger partial charge is 0.0468 e. The minimum atomic E-state index is -0.0808. The average molecular weight is 700 g/mol. The molecule has 0 fully saturated rings. The standard InChI is InChI=1S/C49H33NS2/c1-49(2)42-13-7-5-11-37(42)38-24-21-35(29-43(38)49)50(34-22-26-45-41(28-34)39-12-6-8-14-44(39)51-45)33-19-15-30(16-20-33)32-17-23-40-47(27-32)52-46-25-18-31-9-3-4-10-36(31)48(40)46/h3-29H,1-2H3. The Morgan fingerprint density at radius 1 is 0.404 bits per heavy atom. The summed E-state index contributed by atoms with van der Waals surface area (Å²) in [7, 11) is 0. The molecule has 0 amide bonds. The van der Waals surface area contributed by atoms with E-state index in [9.17, 15) is 0 Å². The van der Waals surface area contributed by atoms with Crippen molar-refractivity contribution < 1.29 is 0 Å². The SMILES string of the molecule is CC1(C)c2ccccc2-c2ccc(N(c3ccc(-c4ccc5c(c4)sc4ccc6ccccc6c45)cc3)c3ccc4sc5ccccc5c4c3)cc21. The Morgan fingerprint density at radius 3 is 1.96 bits per heavy atom. The Balaban J connectivity index is 1.04. The molecule has 2 heterocycles. The summed E-state index contributed by atoms with van der Waals surface area (Å²) in [4.78, 5) is 2.44. The summed E-state index contributed by atoms with van der Waals surface area (Å²) >= 11 is 3.75. The van der Waals surface area contributed by atoms with Gasteiger partial charge in [-0.15, -0.1) is 22.7 Å². The highest BCUT2D eigenvalue weighted by molar-refractivity contribution is 7.26. The number of fused-ring (bicyclic) bond motifs is 11.